The molecule has 0 fully saturated rings. The molecule has 0 saturated carbocycles. The zero-order chi connectivity index (χ0) is 23.5. The molecule has 0 aliphatic carbocycles. The van der Waals surface area contributed by atoms with E-state index >= 15 is 0 Å². The molecule has 0 aliphatic rings. The molecule has 3 N–H and O–H groups in total. The Morgan fingerprint density at radius 2 is 1.56 bits per heavy atom. The molecule has 3 aromatic carbocycles. The van der Waals surface area contributed by atoms with Gasteiger partial charge < -0.3 is 10.8 Å². The van der Waals surface area contributed by atoms with Gasteiger partial charge in [0.15, 0.2) is 0 Å². The monoisotopic (exact) mass is 492 g/mol. The first-order valence-electron chi connectivity index (χ1n) is 9.61. The summed E-state index contributed by atoms with van der Waals surface area (Å²) in [6.07, 6.45) is 1.11. The van der Waals surface area contributed by atoms with Crippen molar-refractivity contribution in [1.82, 2.24) is 0 Å². The largest absolute Gasteiger partial charge is 0.392 e. The lowest BCUT2D eigenvalue weighted by Crippen LogP contribution is -2.29. The van der Waals surface area contributed by atoms with Gasteiger partial charge in [-0.15, -0.1) is 0 Å². The predicted octanol–water partition coefficient (Wildman–Crippen LogP) is 4.07. The number of rotatable bonds is 8. The molecule has 0 heterocycles. The van der Waals surface area contributed by atoms with E-state index in [4.69, 9.17) is 28.9 Å². The summed E-state index contributed by atoms with van der Waals surface area (Å²) >= 11 is 12.3. The maximum atomic E-state index is 12.5. The normalized spacial score (nSPS) is 12.4. The summed E-state index contributed by atoms with van der Waals surface area (Å²) in [5.41, 5.74) is 8.63. The molecule has 0 bridgehead atoms. The van der Waals surface area contributed by atoms with Gasteiger partial charge in [0.05, 0.1) is 41.1 Å². The Morgan fingerprint density at radius 1 is 1.00 bits per heavy atom. The van der Waals surface area contributed by atoms with Crippen LogP contribution in [-0.2, 0) is 28.0 Å². The van der Waals surface area contributed by atoms with Crippen molar-refractivity contribution in [2.24, 2.45) is 5.73 Å². The van der Waals surface area contributed by atoms with Crippen molar-refractivity contribution in [2.45, 2.75) is 19.1 Å². The van der Waals surface area contributed by atoms with Crippen LogP contribution in [0.1, 0.15) is 28.2 Å². The molecular formula is C23H22Cl2N2O4S. The Bertz CT molecular complexity index is 1210. The second kappa shape index (κ2) is 9.92. The number of anilines is 1. The molecule has 32 heavy (non-hydrogen) atoms. The van der Waals surface area contributed by atoms with Gasteiger partial charge in [-0.25, -0.2) is 8.42 Å². The van der Waals surface area contributed by atoms with Gasteiger partial charge >= 0.3 is 0 Å². The molecule has 3 aromatic rings. The summed E-state index contributed by atoms with van der Waals surface area (Å²) in [5.74, 6) is -1.26. The molecule has 1 unspecified atom stereocenters. The van der Waals surface area contributed by atoms with Crippen LogP contribution in [0, 0.1) is 0 Å². The van der Waals surface area contributed by atoms with Crippen molar-refractivity contribution in [1.29, 1.82) is 0 Å². The van der Waals surface area contributed by atoms with Crippen LogP contribution < -0.4 is 10.0 Å². The van der Waals surface area contributed by atoms with Crippen LogP contribution in [0.15, 0.2) is 66.7 Å². The van der Waals surface area contributed by atoms with Crippen molar-refractivity contribution in [2.75, 3.05) is 10.6 Å². The van der Waals surface area contributed by atoms with Crippen LogP contribution in [0.2, 0.25) is 10.0 Å². The summed E-state index contributed by atoms with van der Waals surface area (Å²) in [4.78, 5) is 12.2. The first-order chi connectivity index (χ1) is 15.1. The van der Waals surface area contributed by atoms with E-state index in [-0.39, 0.29) is 13.2 Å². The Balaban J connectivity index is 1.95. The number of hydrogen-bond donors (Lipinski definition) is 2. The Labute approximate surface area is 197 Å². The zero-order valence-corrected chi connectivity index (χ0v) is 19.5. The van der Waals surface area contributed by atoms with Crippen molar-refractivity contribution in [3.8, 4) is 0 Å². The number of primary amides is 1. The van der Waals surface area contributed by atoms with Crippen LogP contribution in [0.4, 0.5) is 5.69 Å². The molecule has 0 aromatic heterocycles. The number of carbonyl (C=O) groups is 1. The van der Waals surface area contributed by atoms with Crippen LogP contribution in [0.25, 0.3) is 0 Å². The molecular weight excluding hydrogens is 471 g/mol. The number of benzene rings is 3. The lowest BCUT2D eigenvalue weighted by molar-refractivity contribution is -0.118. The minimum atomic E-state index is -3.64. The van der Waals surface area contributed by atoms with E-state index in [0.29, 0.717) is 32.4 Å². The summed E-state index contributed by atoms with van der Waals surface area (Å²) in [7, 11) is -3.64. The number of sulfonamides is 1. The number of carbonyl (C=O) groups excluding carboxylic acids is 1. The summed E-state index contributed by atoms with van der Waals surface area (Å²) < 4.78 is 26.2. The van der Waals surface area contributed by atoms with E-state index in [2.05, 4.69) is 0 Å². The number of nitrogens with two attached hydrogens (primary N) is 1. The van der Waals surface area contributed by atoms with Gasteiger partial charge in [0.25, 0.3) is 0 Å². The summed E-state index contributed by atoms with van der Waals surface area (Å²) in [5, 5.41) is 9.85. The predicted molar refractivity (Wildman–Crippen MR) is 127 cm³/mol. The van der Waals surface area contributed by atoms with Gasteiger partial charge in [-0.2, -0.15) is 0 Å². The second-order valence-corrected chi connectivity index (χ2v) is 10.0. The fourth-order valence-corrected chi connectivity index (χ4v) is 4.65. The van der Waals surface area contributed by atoms with Crippen molar-refractivity contribution < 1.29 is 18.3 Å². The number of amides is 1. The van der Waals surface area contributed by atoms with Crippen molar-refractivity contribution in [3.63, 3.8) is 0 Å². The standard InChI is InChI=1S/C23H22Cl2N2O4S/c1-32(30,31)27(13-18-3-2-4-20(24)22(18)25)19-11-9-17(10-12-19)21(23(26)29)16-7-5-15(14-28)6-8-16/h2-12,21,28H,13-14H2,1H3,(H2,26,29). The summed E-state index contributed by atoms with van der Waals surface area (Å²) in [6, 6.07) is 18.5. The Kier molecular flexibility index (Phi) is 7.46. The average molecular weight is 493 g/mol. The highest BCUT2D eigenvalue weighted by atomic mass is 35.5. The third-order valence-corrected chi connectivity index (χ3v) is 7.04. The molecule has 1 amide bonds. The van der Waals surface area contributed by atoms with Crippen molar-refractivity contribution >= 4 is 44.8 Å². The van der Waals surface area contributed by atoms with Gasteiger partial charge in [-0.1, -0.05) is 71.7 Å². The molecule has 0 aliphatic heterocycles. The van der Waals surface area contributed by atoms with E-state index in [1.807, 2.05) is 0 Å². The molecule has 1 atom stereocenters. The highest BCUT2D eigenvalue weighted by Gasteiger charge is 2.23. The quantitative estimate of drug-likeness (QED) is 0.494. The molecule has 0 spiro atoms. The van der Waals surface area contributed by atoms with Crippen molar-refractivity contribution in [3.05, 3.63) is 99.0 Å². The van der Waals surface area contributed by atoms with Gasteiger partial charge in [-0.3, -0.25) is 9.10 Å². The van der Waals surface area contributed by atoms with Gasteiger partial charge in [0, 0.05) is 0 Å². The van der Waals surface area contributed by atoms with Crippen LogP contribution in [-0.4, -0.2) is 25.7 Å². The van der Waals surface area contributed by atoms with Gasteiger partial charge in [-0.05, 0) is 40.5 Å². The average Bonchev–Trinajstić information content (AvgIpc) is 2.75. The Morgan fingerprint density at radius 3 is 2.06 bits per heavy atom. The van der Waals surface area contributed by atoms with Gasteiger partial charge in [0.1, 0.15) is 0 Å². The maximum absolute atomic E-state index is 12.5. The molecule has 9 heteroatoms. The Hall–Kier alpha value is -2.58. The summed E-state index contributed by atoms with van der Waals surface area (Å²) in [6.45, 7) is -0.104. The fourth-order valence-electron chi connectivity index (χ4n) is 3.39. The third-order valence-electron chi connectivity index (χ3n) is 5.04. The van der Waals surface area contributed by atoms with E-state index in [9.17, 15) is 18.3 Å². The lowest BCUT2D eigenvalue weighted by atomic mass is 9.90. The van der Waals surface area contributed by atoms with Crippen LogP contribution in [0.3, 0.4) is 0 Å². The highest BCUT2D eigenvalue weighted by Crippen LogP contribution is 2.31. The maximum Gasteiger partial charge on any atom is 0.232 e. The zero-order valence-electron chi connectivity index (χ0n) is 17.2. The number of hydrogen-bond acceptors (Lipinski definition) is 4. The van der Waals surface area contributed by atoms with E-state index in [0.717, 1.165) is 11.8 Å². The molecule has 3 rings (SSSR count). The lowest BCUT2D eigenvalue weighted by Gasteiger charge is -2.24. The minimum Gasteiger partial charge on any atom is -0.392 e. The molecule has 0 radical (unpaired) electrons. The number of halogens is 2. The first-order valence-corrected chi connectivity index (χ1v) is 12.2. The topological polar surface area (TPSA) is 101 Å². The molecule has 168 valence electrons. The third kappa shape index (κ3) is 5.42. The second-order valence-electron chi connectivity index (χ2n) is 7.31. The number of aliphatic hydroxyl groups is 1. The molecule has 0 saturated heterocycles. The van der Waals surface area contributed by atoms with Crippen LogP contribution >= 0.6 is 23.2 Å². The first kappa shape index (κ1) is 24.1. The minimum absolute atomic E-state index is 0.000552. The number of nitrogens with zero attached hydrogens (tertiary/aromatic N) is 1. The van der Waals surface area contributed by atoms with E-state index < -0.39 is 21.8 Å². The van der Waals surface area contributed by atoms with E-state index in [1.54, 1.807) is 66.7 Å². The van der Waals surface area contributed by atoms with E-state index in [1.165, 1.54) is 4.31 Å². The smallest absolute Gasteiger partial charge is 0.232 e. The van der Waals surface area contributed by atoms with Crippen LogP contribution in [0.5, 0.6) is 0 Å². The fraction of sp³-hybridized carbons (Fsp3) is 0.174. The SMILES string of the molecule is CS(=O)(=O)N(Cc1cccc(Cl)c1Cl)c1ccc(C(C(N)=O)c2ccc(CO)cc2)cc1. The molecule has 6 nitrogen and oxygen atoms in total. The van der Waals surface area contributed by atoms with Gasteiger partial charge in [0.2, 0.25) is 15.9 Å². The highest BCUT2D eigenvalue weighted by molar-refractivity contribution is 7.92. The number of aliphatic hydroxyl groups excluding tert-OH is 1.